The van der Waals surface area contributed by atoms with Crippen molar-refractivity contribution in [3.63, 3.8) is 0 Å². The molecule has 4 heterocycles. The van der Waals surface area contributed by atoms with Gasteiger partial charge in [0.2, 0.25) is 5.89 Å². The number of aryl methyl sites for hydroxylation is 1. The first-order valence-electron chi connectivity index (χ1n) is 14.4. The predicted molar refractivity (Wildman–Crippen MR) is 175 cm³/mol. The van der Waals surface area contributed by atoms with E-state index in [-0.39, 0.29) is 0 Å². The zero-order chi connectivity index (χ0) is 28.5. The lowest BCUT2D eigenvalue weighted by atomic mass is 10.0. The van der Waals surface area contributed by atoms with Crippen LogP contribution >= 0.6 is 0 Å². The molecule has 5 aromatic carbocycles. The second-order valence-corrected chi connectivity index (χ2v) is 11.0. The maximum Gasteiger partial charge on any atom is 0.225 e. The fourth-order valence-corrected chi connectivity index (χ4v) is 6.75. The van der Waals surface area contributed by atoms with Crippen molar-refractivity contribution in [1.29, 1.82) is 0 Å². The topological polar surface area (TPSA) is 40.8 Å². The highest BCUT2D eigenvalue weighted by atomic mass is 16.3. The van der Waals surface area contributed by atoms with Gasteiger partial charge in [0, 0.05) is 57.1 Å². The van der Waals surface area contributed by atoms with Crippen LogP contribution in [-0.2, 0) is 7.05 Å². The Hall–Kier alpha value is -5.81. The minimum Gasteiger partial charge on any atom is -0.445 e. The molecule has 0 fully saturated rings. The van der Waals surface area contributed by atoms with E-state index in [9.17, 15) is 0 Å². The number of nitrogens with zero attached hydrogens (tertiary/aromatic N) is 4. The molecule has 0 bridgehead atoms. The number of oxazole rings is 1. The Labute approximate surface area is 247 Å². The summed E-state index contributed by atoms with van der Waals surface area (Å²) in [5.41, 5.74) is 10.2. The van der Waals surface area contributed by atoms with Crippen molar-refractivity contribution in [3.8, 4) is 34.0 Å². The van der Waals surface area contributed by atoms with Crippen LogP contribution in [0.15, 0.2) is 144 Å². The van der Waals surface area contributed by atoms with Crippen molar-refractivity contribution in [2.24, 2.45) is 7.05 Å². The van der Waals surface area contributed by atoms with Crippen molar-refractivity contribution >= 4 is 43.7 Å². The van der Waals surface area contributed by atoms with Crippen LogP contribution in [0.1, 0.15) is 0 Å². The first-order chi connectivity index (χ1) is 21.3. The second-order valence-electron chi connectivity index (χ2n) is 11.0. The van der Waals surface area contributed by atoms with Crippen LogP contribution in [0.2, 0.25) is 0 Å². The van der Waals surface area contributed by atoms with Crippen molar-refractivity contribution in [2.75, 3.05) is 0 Å². The highest BCUT2D eigenvalue weighted by Crippen LogP contribution is 2.45. The molecule has 43 heavy (non-hydrogen) atoms. The molecule has 5 nitrogen and oxygen atoms in total. The number of fused-ring (bicyclic) bond motifs is 6. The molecule has 0 saturated heterocycles. The van der Waals surface area contributed by atoms with Crippen molar-refractivity contribution in [3.05, 3.63) is 140 Å². The summed E-state index contributed by atoms with van der Waals surface area (Å²) in [7, 11) is 2.10. The quantitative estimate of drug-likeness (QED) is 0.217. The monoisotopic (exact) mass is 554 g/mol. The van der Waals surface area contributed by atoms with Gasteiger partial charge in [-0.05, 0) is 48.0 Å². The van der Waals surface area contributed by atoms with Crippen molar-refractivity contribution < 1.29 is 4.42 Å². The minimum absolute atomic E-state index is 0.611. The Kier molecular flexibility index (Phi) is 5.05. The lowest BCUT2D eigenvalue weighted by Gasteiger charge is -2.16. The van der Waals surface area contributed by atoms with E-state index in [0.29, 0.717) is 5.89 Å². The lowest BCUT2D eigenvalue weighted by Crippen LogP contribution is -2.03. The largest absolute Gasteiger partial charge is 0.445 e. The zero-order valence-corrected chi connectivity index (χ0v) is 23.5. The average molecular weight is 555 g/mol. The molecule has 0 spiro atoms. The van der Waals surface area contributed by atoms with Gasteiger partial charge >= 0.3 is 0 Å². The molecule has 0 N–H and O–H groups in total. The predicted octanol–water partition coefficient (Wildman–Crippen LogP) is 9.54. The number of para-hydroxylation sites is 2. The zero-order valence-electron chi connectivity index (χ0n) is 23.5. The third kappa shape index (κ3) is 3.42. The van der Waals surface area contributed by atoms with Gasteiger partial charge in [-0.3, -0.25) is 9.13 Å². The Balaban J connectivity index is 1.54. The first kappa shape index (κ1) is 23.9. The molecule has 0 aliphatic carbocycles. The van der Waals surface area contributed by atoms with Gasteiger partial charge in [0.15, 0.2) is 0 Å². The molecule has 5 heteroatoms. The van der Waals surface area contributed by atoms with Crippen LogP contribution in [0.3, 0.4) is 0 Å². The maximum absolute atomic E-state index is 5.74. The Morgan fingerprint density at radius 3 is 2.26 bits per heavy atom. The van der Waals surface area contributed by atoms with E-state index in [1.54, 1.807) is 12.5 Å². The fourth-order valence-electron chi connectivity index (χ4n) is 6.75. The highest BCUT2D eigenvalue weighted by Gasteiger charge is 2.25. The molecule has 0 saturated carbocycles. The number of hydrogen-bond acceptors (Lipinski definition) is 2. The Morgan fingerprint density at radius 2 is 1.44 bits per heavy atom. The highest BCUT2D eigenvalue weighted by molar-refractivity contribution is 6.25. The van der Waals surface area contributed by atoms with Crippen molar-refractivity contribution in [2.45, 2.75) is 0 Å². The van der Waals surface area contributed by atoms with Gasteiger partial charge < -0.3 is 8.98 Å². The van der Waals surface area contributed by atoms with Gasteiger partial charge in [0.1, 0.15) is 11.9 Å². The summed E-state index contributed by atoms with van der Waals surface area (Å²) in [6.07, 6.45) is 5.46. The van der Waals surface area contributed by atoms with E-state index in [0.717, 1.165) is 28.1 Å². The molecular weight excluding hydrogens is 528 g/mol. The first-order valence-corrected chi connectivity index (χ1v) is 14.4. The Bertz CT molecular complexity index is 2440. The fraction of sp³-hybridized carbons (Fsp3) is 0.0263. The summed E-state index contributed by atoms with van der Waals surface area (Å²) in [5.74, 6) is 0.611. The van der Waals surface area contributed by atoms with E-state index in [1.165, 1.54) is 43.7 Å². The third-order valence-electron chi connectivity index (χ3n) is 8.61. The summed E-state index contributed by atoms with van der Waals surface area (Å²) in [5, 5.41) is 4.81. The SMILES string of the molecule is Cn1ccc2c(-n3c4cc(-c5ncco5)ccc4c4c5cccc(-c6ccccc6)c5n(-c5ccccc5)c43)cccc21. The van der Waals surface area contributed by atoms with E-state index in [4.69, 9.17) is 4.42 Å². The van der Waals surface area contributed by atoms with Crippen LogP contribution in [0.5, 0.6) is 0 Å². The molecule has 0 unspecified atom stereocenters. The van der Waals surface area contributed by atoms with Gasteiger partial charge in [-0.2, -0.15) is 0 Å². The van der Waals surface area contributed by atoms with Crippen LogP contribution in [0, 0.1) is 0 Å². The molecule has 0 aliphatic heterocycles. The molecule has 0 radical (unpaired) electrons. The lowest BCUT2D eigenvalue weighted by molar-refractivity contribution is 0.574. The van der Waals surface area contributed by atoms with Crippen LogP contribution in [0.4, 0.5) is 0 Å². The molecule has 9 aromatic rings. The van der Waals surface area contributed by atoms with Gasteiger partial charge in [0.05, 0.1) is 22.9 Å². The van der Waals surface area contributed by atoms with E-state index < -0.39 is 0 Å². The average Bonchev–Trinajstić information content (AvgIpc) is 3.85. The smallest absolute Gasteiger partial charge is 0.225 e. The summed E-state index contributed by atoms with van der Waals surface area (Å²) < 4.78 is 12.8. The molecule has 0 amide bonds. The number of benzene rings is 5. The molecule has 0 aliphatic rings. The van der Waals surface area contributed by atoms with Crippen LogP contribution < -0.4 is 0 Å². The number of aromatic nitrogens is 4. The van der Waals surface area contributed by atoms with Crippen LogP contribution in [0.25, 0.3) is 77.7 Å². The van der Waals surface area contributed by atoms with Crippen LogP contribution in [-0.4, -0.2) is 18.7 Å². The van der Waals surface area contributed by atoms with Gasteiger partial charge in [0.25, 0.3) is 0 Å². The third-order valence-corrected chi connectivity index (χ3v) is 8.61. The minimum atomic E-state index is 0.611. The summed E-state index contributed by atoms with van der Waals surface area (Å²) in [6.45, 7) is 0. The number of hydrogen-bond donors (Lipinski definition) is 0. The van der Waals surface area contributed by atoms with E-state index >= 15 is 0 Å². The number of rotatable bonds is 4. The standard InChI is InChI=1S/C38H26N4O/c1-40-22-20-29-32(40)16-9-17-33(29)42-34-24-26(37-39-21-23-43-37)18-19-30(34)35-31-15-8-14-28(25-10-4-2-5-11-25)36(31)41(38(35)42)27-12-6-3-7-13-27/h2-24H,1H3. The maximum atomic E-state index is 5.74. The Morgan fingerprint density at radius 1 is 0.628 bits per heavy atom. The normalized spacial score (nSPS) is 11.8. The molecule has 204 valence electrons. The summed E-state index contributed by atoms with van der Waals surface area (Å²) in [4.78, 5) is 4.47. The van der Waals surface area contributed by atoms with E-state index in [1.807, 2.05) is 0 Å². The molecular formula is C38H26N4O. The van der Waals surface area contributed by atoms with Gasteiger partial charge in [-0.1, -0.05) is 78.9 Å². The molecule has 9 rings (SSSR count). The van der Waals surface area contributed by atoms with Gasteiger partial charge in [-0.25, -0.2) is 4.98 Å². The molecule has 4 aromatic heterocycles. The summed E-state index contributed by atoms with van der Waals surface area (Å²) >= 11 is 0. The van der Waals surface area contributed by atoms with Gasteiger partial charge in [-0.15, -0.1) is 0 Å². The van der Waals surface area contributed by atoms with E-state index in [2.05, 4.69) is 153 Å². The second kappa shape index (κ2) is 9.10. The molecule has 0 atom stereocenters. The van der Waals surface area contributed by atoms with Crippen molar-refractivity contribution in [1.82, 2.24) is 18.7 Å². The summed E-state index contributed by atoms with van der Waals surface area (Å²) in [6, 6.07) is 43.4.